The molecule has 1 aromatic heterocycles. The molecule has 0 spiro atoms. The van der Waals surface area contributed by atoms with Crippen LogP contribution in [0.15, 0.2) is 35.0 Å². The van der Waals surface area contributed by atoms with Crippen LogP contribution in [0.4, 0.5) is 14.9 Å². The van der Waals surface area contributed by atoms with Gasteiger partial charge >= 0.3 is 6.03 Å². The first-order chi connectivity index (χ1) is 14.9. The number of carbonyl (C=O) groups is 2. The minimum Gasteiger partial charge on any atom is -0.366 e. The maximum Gasteiger partial charge on any atom is 0.317 e. The molecule has 1 atom stereocenters. The van der Waals surface area contributed by atoms with Gasteiger partial charge in [-0.3, -0.25) is 9.69 Å². The van der Waals surface area contributed by atoms with Gasteiger partial charge in [-0.2, -0.15) is 11.3 Å². The lowest BCUT2D eigenvalue weighted by Crippen LogP contribution is -2.53. The average molecular weight is 447 g/mol. The van der Waals surface area contributed by atoms with E-state index in [9.17, 15) is 14.0 Å². The third-order valence-electron chi connectivity index (χ3n) is 5.89. The van der Waals surface area contributed by atoms with Crippen LogP contribution in [0.2, 0.25) is 0 Å². The molecule has 0 bridgehead atoms. The SMILES string of the molecule is CCN(CC)C(CNC(=O)N1CCN(c2ccc(C(C)=O)cc2F)CC1)c1ccsc1. The van der Waals surface area contributed by atoms with E-state index in [1.807, 2.05) is 4.90 Å². The number of piperazine rings is 1. The minimum absolute atomic E-state index is 0.0839. The summed E-state index contributed by atoms with van der Waals surface area (Å²) in [4.78, 5) is 30.3. The van der Waals surface area contributed by atoms with Crippen molar-refractivity contribution < 1.29 is 14.0 Å². The number of thiophene rings is 1. The molecule has 1 unspecified atom stereocenters. The van der Waals surface area contributed by atoms with E-state index < -0.39 is 5.82 Å². The molecule has 0 radical (unpaired) electrons. The smallest absolute Gasteiger partial charge is 0.317 e. The number of nitrogens with zero attached hydrogens (tertiary/aromatic N) is 3. The van der Waals surface area contributed by atoms with E-state index >= 15 is 0 Å². The molecule has 2 heterocycles. The molecule has 0 aliphatic carbocycles. The number of carbonyl (C=O) groups excluding carboxylic acids is 2. The highest BCUT2D eigenvalue weighted by Gasteiger charge is 2.25. The quantitative estimate of drug-likeness (QED) is 0.623. The predicted octanol–water partition coefficient (Wildman–Crippen LogP) is 4.00. The molecule has 1 N–H and O–H groups in total. The topological polar surface area (TPSA) is 55.9 Å². The molecule has 6 nitrogen and oxygen atoms in total. The van der Waals surface area contributed by atoms with Crippen LogP contribution >= 0.6 is 11.3 Å². The summed E-state index contributed by atoms with van der Waals surface area (Å²) < 4.78 is 14.4. The van der Waals surface area contributed by atoms with Crippen molar-refractivity contribution in [3.63, 3.8) is 0 Å². The molecule has 1 saturated heterocycles. The molecular weight excluding hydrogens is 415 g/mol. The lowest BCUT2D eigenvalue weighted by Gasteiger charge is -2.37. The summed E-state index contributed by atoms with van der Waals surface area (Å²) in [6.07, 6.45) is 0. The van der Waals surface area contributed by atoms with Crippen LogP contribution in [0, 0.1) is 5.82 Å². The number of amides is 2. The predicted molar refractivity (Wildman–Crippen MR) is 124 cm³/mol. The highest BCUT2D eigenvalue weighted by Crippen LogP contribution is 2.24. The number of hydrogen-bond donors (Lipinski definition) is 1. The summed E-state index contributed by atoms with van der Waals surface area (Å²) in [6, 6.07) is 6.77. The van der Waals surface area contributed by atoms with Crippen molar-refractivity contribution in [2.45, 2.75) is 26.8 Å². The number of rotatable bonds is 8. The molecule has 1 aliphatic rings. The first-order valence-electron chi connectivity index (χ1n) is 10.8. The summed E-state index contributed by atoms with van der Waals surface area (Å²) in [6.45, 7) is 10.2. The summed E-state index contributed by atoms with van der Waals surface area (Å²) in [5.41, 5.74) is 2.07. The van der Waals surface area contributed by atoms with Gasteiger partial charge in [0.1, 0.15) is 5.82 Å². The Bertz CT molecular complexity index is 878. The van der Waals surface area contributed by atoms with Gasteiger partial charge in [0.2, 0.25) is 0 Å². The van der Waals surface area contributed by atoms with Crippen molar-refractivity contribution in [1.82, 2.24) is 15.1 Å². The van der Waals surface area contributed by atoms with E-state index in [0.29, 0.717) is 44.0 Å². The van der Waals surface area contributed by atoms with Gasteiger partial charge in [-0.05, 0) is 60.6 Å². The van der Waals surface area contributed by atoms with Gasteiger partial charge in [-0.25, -0.2) is 9.18 Å². The van der Waals surface area contributed by atoms with Crippen molar-refractivity contribution >= 4 is 28.8 Å². The Morgan fingerprint density at radius 2 is 1.87 bits per heavy atom. The second-order valence-corrected chi connectivity index (χ2v) is 8.46. The van der Waals surface area contributed by atoms with E-state index in [4.69, 9.17) is 0 Å². The maximum atomic E-state index is 14.4. The number of likely N-dealkylation sites (N-methyl/N-ethyl adjacent to an activating group) is 1. The normalized spacial score (nSPS) is 15.3. The number of urea groups is 1. The zero-order chi connectivity index (χ0) is 22.4. The lowest BCUT2D eigenvalue weighted by atomic mass is 10.1. The monoisotopic (exact) mass is 446 g/mol. The molecule has 2 aromatic rings. The van der Waals surface area contributed by atoms with Crippen molar-refractivity contribution in [2.24, 2.45) is 0 Å². The summed E-state index contributed by atoms with van der Waals surface area (Å²) in [5.74, 6) is -0.555. The third kappa shape index (κ3) is 5.62. The number of anilines is 1. The Labute approximate surface area is 187 Å². The summed E-state index contributed by atoms with van der Waals surface area (Å²) in [5, 5.41) is 7.30. The van der Waals surface area contributed by atoms with Crippen LogP contribution in [0.1, 0.15) is 42.7 Å². The zero-order valence-electron chi connectivity index (χ0n) is 18.4. The fourth-order valence-corrected chi connectivity index (χ4v) is 4.72. The van der Waals surface area contributed by atoms with Crippen LogP contribution in [-0.4, -0.2) is 67.4 Å². The minimum atomic E-state index is -0.400. The molecule has 168 valence electrons. The Balaban J connectivity index is 1.56. The Morgan fingerprint density at radius 1 is 1.16 bits per heavy atom. The number of benzene rings is 1. The van der Waals surface area contributed by atoms with E-state index in [-0.39, 0.29) is 17.9 Å². The second kappa shape index (κ2) is 10.7. The first-order valence-corrected chi connectivity index (χ1v) is 11.7. The van der Waals surface area contributed by atoms with Crippen molar-refractivity contribution in [1.29, 1.82) is 0 Å². The summed E-state index contributed by atoms with van der Waals surface area (Å²) in [7, 11) is 0. The molecule has 1 aliphatic heterocycles. The highest BCUT2D eigenvalue weighted by molar-refractivity contribution is 7.08. The number of hydrogen-bond acceptors (Lipinski definition) is 5. The standard InChI is InChI=1S/C23H31FN4O2S/c1-4-26(5-2)22(19-8-13-31-16-19)15-25-23(30)28-11-9-27(10-12-28)21-7-6-18(17(3)29)14-20(21)24/h6-8,13-14,16,22H,4-5,9-12,15H2,1-3H3,(H,25,30). The van der Waals surface area contributed by atoms with E-state index in [0.717, 1.165) is 13.1 Å². The number of ketones is 1. The molecule has 0 saturated carbocycles. The fraction of sp³-hybridized carbons (Fsp3) is 0.478. The van der Waals surface area contributed by atoms with E-state index in [2.05, 4.69) is 40.9 Å². The van der Waals surface area contributed by atoms with Crippen LogP contribution in [0.3, 0.4) is 0 Å². The largest absolute Gasteiger partial charge is 0.366 e. The lowest BCUT2D eigenvalue weighted by molar-refractivity contribution is 0.101. The number of halogens is 1. The second-order valence-electron chi connectivity index (χ2n) is 7.68. The highest BCUT2D eigenvalue weighted by atomic mass is 32.1. The Kier molecular flexibility index (Phi) is 8.03. The van der Waals surface area contributed by atoms with Crippen LogP contribution in [0.25, 0.3) is 0 Å². The van der Waals surface area contributed by atoms with E-state index in [1.165, 1.54) is 18.6 Å². The van der Waals surface area contributed by atoms with Gasteiger partial charge < -0.3 is 15.1 Å². The van der Waals surface area contributed by atoms with Crippen molar-refractivity contribution in [3.8, 4) is 0 Å². The Hall–Kier alpha value is -2.45. The van der Waals surface area contributed by atoms with Crippen molar-refractivity contribution in [3.05, 3.63) is 52.0 Å². The van der Waals surface area contributed by atoms with Crippen LogP contribution in [-0.2, 0) is 0 Å². The molecule has 1 aromatic carbocycles. The molecule has 8 heteroatoms. The van der Waals surface area contributed by atoms with Gasteiger partial charge in [0.05, 0.1) is 11.7 Å². The molecule has 31 heavy (non-hydrogen) atoms. The van der Waals surface area contributed by atoms with E-state index in [1.54, 1.807) is 28.4 Å². The van der Waals surface area contributed by atoms with Gasteiger partial charge in [-0.1, -0.05) is 13.8 Å². The first kappa shape index (κ1) is 23.2. The molecule has 2 amide bonds. The molecule has 3 rings (SSSR count). The van der Waals surface area contributed by atoms with Gasteiger partial charge in [0.25, 0.3) is 0 Å². The van der Waals surface area contributed by atoms with Gasteiger partial charge in [0, 0.05) is 38.3 Å². The summed E-state index contributed by atoms with van der Waals surface area (Å²) >= 11 is 1.67. The number of nitrogens with one attached hydrogen (secondary N) is 1. The zero-order valence-corrected chi connectivity index (χ0v) is 19.3. The van der Waals surface area contributed by atoms with Crippen molar-refractivity contribution in [2.75, 3.05) is 50.7 Å². The average Bonchev–Trinajstić information content (AvgIpc) is 3.31. The Morgan fingerprint density at radius 3 is 2.42 bits per heavy atom. The van der Waals surface area contributed by atoms with Crippen LogP contribution < -0.4 is 10.2 Å². The van der Waals surface area contributed by atoms with Gasteiger partial charge in [0.15, 0.2) is 5.78 Å². The number of Topliss-reactive ketones (excluding diaryl/α,β-unsaturated/α-hetero) is 1. The van der Waals surface area contributed by atoms with Crippen LogP contribution in [0.5, 0.6) is 0 Å². The fourth-order valence-electron chi connectivity index (χ4n) is 4.02. The third-order valence-corrected chi connectivity index (χ3v) is 6.59. The maximum absolute atomic E-state index is 14.4. The van der Waals surface area contributed by atoms with Gasteiger partial charge in [-0.15, -0.1) is 0 Å². The molecular formula is C23H31FN4O2S. The molecule has 1 fully saturated rings.